The third kappa shape index (κ3) is 3.14. The van der Waals surface area contributed by atoms with E-state index in [-0.39, 0.29) is 25.3 Å². The minimum Gasteiger partial charge on any atom is -0.395 e. The van der Waals surface area contributed by atoms with Crippen molar-refractivity contribution in [2.75, 3.05) is 19.0 Å². The molecule has 1 heterocycles. The predicted molar refractivity (Wildman–Crippen MR) is 70.6 cm³/mol. The van der Waals surface area contributed by atoms with Gasteiger partial charge in [-0.05, 0) is 35.9 Å². The van der Waals surface area contributed by atoms with Crippen molar-refractivity contribution >= 4 is 23.4 Å². The van der Waals surface area contributed by atoms with E-state index in [1.165, 1.54) is 10.5 Å². The van der Waals surface area contributed by atoms with E-state index < -0.39 is 0 Å². The second-order valence-electron chi connectivity index (χ2n) is 4.10. The summed E-state index contributed by atoms with van der Waals surface area (Å²) in [6.07, 6.45) is 0.981. The van der Waals surface area contributed by atoms with Crippen LogP contribution in [0.2, 0.25) is 5.02 Å². The molecule has 17 heavy (non-hydrogen) atoms. The van der Waals surface area contributed by atoms with Crippen LogP contribution in [0.3, 0.4) is 0 Å². The summed E-state index contributed by atoms with van der Waals surface area (Å²) < 4.78 is 0. The Balaban J connectivity index is 2.18. The minimum atomic E-state index is -0.269. The van der Waals surface area contributed by atoms with Crippen LogP contribution in [0, 0.1) is 0 Å². The molecule has 1 aromatic carbocycles. The zero-order valence-electron chi connectivity index (χ0n) is 9.40. The maximum atomic E-state index is 9.11. The number of hydrogen-bond acceptors (Lipinski definition) is 4. The van der Waals surface area contributed by atoms with Gasteiger partial charge in [0.05, 0.1) is 19.3 Å². The van der Waals surface area contributed by atoms with Crippen LogP contribution in [0.25, 0.3) is 0 Å². The molecule has 94 valence electrons. The molecule has 2 rings (SSSR count). The molecule has 0 bridgehead atoms. The summed E-state index contributed by atoms with van der Waals surface area (Å²) in [7, 11) is 0. The molecule has 0 aromatic heterocycles. The Kier molecular flexibility index (Phi) is 4.70. The lowest BCUT2D eigenvalue weighted by atomic mass is 10.0. The van der Waals surface area contributed by atoms with E-state index in [4.69, 9.17) is 21.8 Å². The lowest BCUT2D eigenvalue weighted by Crippen LogP contribution is -2.39. The third-order valence-corrected chi connectivity index (χ3v) is 4.25. The molecule has 1 aromatic rings. The Labute approximate surface area is 110 Å². The number of aliphatic hydroxyl groups excluding tert-OH is 2. The Morgan fingerprint density at radius 1 is 1.41 bits per heavy atom. The van der Waals surface area contributed by atoms with Gasteiger partial charge >= 0.3 is 0 Å². The first-order chi connectivity index (χ1) is 8.24. The molecule has 0 saturated carbocycles. The van der Waals surface area contributed by atoms with Crippen molar-refractivity contribution in [2.45, 2.75) is 23.4 Å². The highest BCUT2D eigenvalue weighted by molar-refractivity contribution is 7.99. The van der Waals surface area contributed by atoms with Gasteiger partial charge in [-0.15, -0.1) is 11.8 Å². The van der Waals surface area contributed by atoms with Crippen molar-refractivity contribution in [3.8, 4) is 0 Å². The van der Waals surface area contributed by atoms with E-state index in [0.717, 1.165) is 17.2 Å². The van der Waals surface area contributed by atoms with Gasteiger partial charge < -0.3 is 15.5 Å². The van der Waals surface area contributed by atoms with E-state index in [0.29, 0.717) is 0 Å². The molecule has 0 aliphatic carbocycles. The average Bonchev–Trinajstić information content (AvgIpc) is 2.36. The Bertz CT molecular complexity index is 385. The first-order valence-electron chi connectivity index (χ1n) is 5.64. The molecule has 1 aliphatic heterocycles. The van der Waals surface area contributed by atoms with Crippen molar-refractivity contribution in [2.24, 2.45) is 0 Å². The molecule has 0 saturated heterocycles. The maximum Gasteiger partial charge on any atom is 0.0607 e. The van der Waals surface area contributed by atoms with Crippen LogP contribution in [0.15, 0.2) is 23.1 Å². The molecule has 3 N–H and O–H groups in total. The summed E-state index contributed by atoms with van der Waals surface area (Å²) in [5.74, 6) is 1.04. The number of nitrogens with one attached hydrogen (secondary N) is 1. The lowest BCUT2D eigenvalue weighted by molar-refractivity contribution is 0.160. The topological polar surface area (TPSA) is 52.5 Å². The lowest BCUT2D eigenvalue weighted by Gasteiger charge is -2.29. The Morgan fingerprint density at radius 2 is 2.18 bits per heavy atom. The van der Waals surface area contributed by atoms with Crippen LogP contribution in [0.4, 0.5) is 0 Å². The number of thioether (sulfide) groups is 1. The first kappa shape index (κ1) is 13.2. The number of benzene rings is 1. The van der Waals surface area contributed by atoms with Crippen molar-refractivity contribution in [1.29, 1.82) is 0 Å². The van der Waals surface area contributed by atoms with E-state index in [1.807, 2.05) is 30.0 Å². The first-order valence-corrected chi connectivity index (χ1v) is 7.01. The summed E-state index contributed by atoms with van der Waals surface area (Å²) >= 11 is 7.83. The second kappa shape index (κ2) is 6.07. The maximum absolute atomic E-state index is 9.11. The van der Waals surface area contributed by atoms with Gasteiger partial charge in [-0.3, -0.25) is 0 Å². The zero-order valence-corrected chi connectivity index (χ0v) is 11.0. The van der Waals surface area contributed by atoms with E-state index in [2.05, 4.69) is 5.32 Å². The van der Waals surface area contributed by atoms with Gasteiger partial charge in [0.1, 0.15) is 0 Å². The average molecular weight is 274 g/mol. The van der Waals surface area contributed by atoms with Gasteiger partial charge in [0.2, 0.25) is 0 Å². The molecule has 0 amide bonds. The second-order valence-corrected chi connectivity index (χ2v) is 5.67. The van der Waals surface area contributed by atoms with Crippen molar-refractivity contribution in [1.82, 2.24) is 5.32 Å². The highest BCUT2D eigenvalue weighted by atomic mass is 35.5. The van der Waals surface area contributed by atoms with Gasteiger partial charge in [0, 0.05) is 16.0 Å². The van der Waals surface area contributed by atoms with Crippen LogP contribution >= 0.6 is 23.4 Å². The molecule has 5 heteroatoms. The summed E-state index contributed by atoms with van der Waals surface area (Å²) in [6, 6.07) is 5.78. The van der Waals surface area contributed by atoms with Gasteiger partial charge in [-0.2, -0.15) is 0 Å². The number of rotatable bonds is 4. The van der Waals surface area contributed by atoms with E-state index in [9.17, 15) is 0 Å². The molecule has 0 spiro atoms. The van der Waals surface area contributed by atoms with Gasteiger partial charge in [0.15, 0.2) is 0 Å². The van der Waals surface area contributed by atoms with Crippen molar-refractivity contribution in [3.63, 3.8) is 0 Å². The van der Waals surface area contributed by atoms with Gasteiger partial charge in [-0.25, -0.2) is 0 Å². The van der Waals surface area contributed by atoms with Crippen LogP contribution in [-0.4, -0.2) is 35.2 Å². The van der Waals surface area contributed by atoms with Crippen LogP contribution < -0.4 is 5.32 Å². The molecular weight excluding hydrogens is 258 g/mol. The number of halogens is 1. The Hall–Kier alpha value is -0.260. The molecule has 1 unspecified atom stereocenters. The largest absolute Gasteiger partial charge is 0.395 e. The smallest absolute Gasteiger partial charge is 0.0607 e. The molecule has 0 fully saturated rings. The normalized spacial score (nSPS) is 19.4. The number of fused-ring (bicyclic) bond motifs is 1. The fourth-order valence-electron chi connectivity index (χ4n) is 1.99. The fourth-order valence-corrected chi connectivity index (χ4v) is 3.27. The summed E-state index contributed by atoms with van der Waals surface area (Å²) in [5.41, 5.74) is 1.17. The fraction of sp³-hybridized carbons (Fsp3) is 0.500. The predicted octanol–water partition coefficient (Wildman–Crippen LogP) is 1.82. The van der Waals surface area contributed by atoms with E-state index in [1.54, 1.807) is 0 Å². The molecule has 1 aliphatic rings. The summed E-state index contributed by atoms with van der Waals surface area (Å²) in [5, 5.41) is 22.2. The highest BCUT2D eigenvalue weighted by Crippen LogP contribution is 2.37. The summed E-state index contributed by atoms with van der Waals surface area (Å²) in [4.78, 5) is 1.23. The quantitative estimate of drug-likeness (QED) is 0.783. The van der Waals surface area contributed by atoms with Crippen molar-refractivity contribution in [3.05, 3.63) is 28.8 Å². The SMILES string of the molecule is OCC(CO)NC1CCSc2ccc(Cl)cc21. The summed E-state index contributed by atoms with van der Waals surface area (Å²) in [6.45, 7) is -0.119. The molecule has 1 atom stereocenters. The van der Waals surface area contributed by atoms with Crippen molar-refractivity contribution < 1.29 is 10.2 Å². The molecule has 0 radical (unpaired) electrons. The number of hydrogen-bond donors (Lipinski definition) is 3. The van der Waals surface area contributed by atoms with Crippen LogP contribution in [0.1, 0.15) is 18.0 Å². The third-order valence-electron chi connectivity index (χ3n) is 2.89. The van der Waals surface area contributed by atoms with Gasteiger partial charge in [0.25, 0.3) is 0 Å². The molecule has 3 nitrogen and oxygen atoms in total. The minimum absolute atomic E-state index is 0.0595. The van der Waals surface area contributed by atoms with Crippen LogP contribution in [0.5, 0.6) is 0 Å². The molecular formula is C12H16ClNO2S. The van der Waals surface area contributed by atoms with Crippen LogP contribution in [-0.2, 0) is 0 Å². The zero-order chi connectivity index (χ0) is 12.3. The van der Waals surface area contributed by atoms with Gasteiger partial charge in [-0.1, -0.05) is 11.6 Å². The monoisotopic (exact) mass is 273 g/mol. The van der Waals surface area contributed by atoms with E-state index >= 15 is 0 Å². The Morgan fingerprint density at radius 3 is 2.88 bits per heavy atom. The number of aliphatic hydroxyl groups is 2. The highest BCUT2D eigenvalue weighted by Gasteiger charge is 2.22. The standard InChI is InChI=1S/C12H16ClNO2S/c13-8-1-2-12-10(5-8)11(3-4-17-12)14-9(6-15)7-16/h1-2,5,9,11,14-16H,3-4,6-7H2.